The molecule has 1 aromatic rings. The second-order valence-electron chi connectivity index (χ2n) is 4.24. The number of halogens is 2. The molecule has 17 heavy (non-hydrogen) atoms. The zero-order valence-corrected chi connectivity index (χ0v) is 13.1. The van der Waals surface area contributed by atoms with Crippen LogP contribution in [0.5, 0.6) is 0 Å². The first-order valence-corrected chi connectivity index (χ1v) is 6.90. The normalized spacial score (nSPS) is 12.8. The molecule has 0 aliphatic rings. The number of rotatable bonds is 5. The molecule has 1 atom stereocenters. The smallest absolute Gasteiger partial charge is 0.0768 e. The fraction of sp³-hybridized carbons (Fsp3) is 0.417. The van der Waals surface area contributed by atoms with Crippen LogP contribution in [0.2, 0.25) is 5.02 Å². The molecule has 0 saturated carbocycles. The summed E-state index contributed by atoms with van der Waals surface area (Å²) in [6.07, 6.45) is 0. The van der Waals surface area contributed by atoms with Crippen LogP contribution in [0.3, 0.4) is 0 Å². The van der Waals surface area contributed by atoms with Crippen molar-refractivity contribution in [3.8, 4) is 0 Å². The number of thiocarbonyl (C=S) groups is 1. The third-order valence-corrected chi connectivity index (χ3v) is 3.77. The summed E-state index contributed by atoms with van der Waals surface area (Å²) in [5.74, 6) is 0.212. The fourth-order valence-electron chi connectivity index (χ4n) is 1.56. The average molecular weight is 336 g/mol. The third kappa shape index (κ3) is 4.92. The molecule has 0 radical (unpaired) electrons. The Morgan fingerprint density at radius 3 is 2.76 bits per heavy atom. The Bertz CT molecular complexity index is 411. The van der Waals surface area contributed by atoms with Crippen molar-refractivity contribution in [3.05, 3.63) is 33.3 Å². The zero-order valence-electron chi connectivity index (χ0n) is 9.91. The van der Waals surface area contributed by atoms with Gasteiger partial charge in [0.1, 0.15) is 0 Å². The maximum atomic E-state index is 6.17. The highest BCUT2D eigenvalue weighted by Gasteiger charge is 2.10. The lowest BCUT2D eigenvalue weighted by Gasteiger charge is -2.21. The Morgan fingerprint density at radius 1 is 1.59 bits per heavy atom. The number of hydrogen-bond acceptors (Lipinski definition) is 2. The Balaban J connectivity index is 2.62. The van der Waals surface area contributed by atoms with Gasteiger partial charge in [-0.25, -0.2) is 0 Å². The minimum absolute atomic E-state index is 0.212. The average Bonchev–Trinajstić information content (AvgIpc) is 2.22. The van der Waals surface area contributed by atoms with Crippen LogP contribution >= 0.6 is 39.7 Å². The van der Waals surface area contributed by atoms with Crippen molar-refractivity contribution in [2.45, 2.75) is 13.5 Å². The standard InChI is InChI=1S/C12H16BrClN2S/c1-8(12(15)17)6-16(2)7-9-3-4-10(13)5-11(9)14/h3-5,8H,6-7H2,1-2H3,(H2,15,17). The summed E-state index contributed by atoms with van der Waals surface area (Å²) in [5, 5.41) is 0.772. The minimum Gasteiger partial charge on any atom is -0.393 e. The van der Waals surface area contributed by atoms with Gasteiger partial charge >= 0.3 is 0 Å². The van der Waals surface area contributed by atoms with Crippen molar-refractivity contribution < 1.29 is 0 Å². The Kier molecular flexibility index (Phi) is 5.86. The number of hydrogen-bond donors (Lipinski definition) is 1. The molecule has 0 bridgehead atoms. The molecule has 0 fully saturated rings. The lowest BCUT2D eigenvalue weighted by molar-refractivity contribution is 0.308. The molecule has 5 heteroatoms. The van der Waals surface area contributed by atoms with Crippen molar-refractivity contribution in [1.29, 1.82) is 0 Å². The SMILES string of the molecule is CC(CN(C)Cc1ccc(Br)cc1Cl)C(N)=S. The molecular formula is C12H16BrClN2S. The summed E-state index contributed by atoms with van der Waals surface area (Å²) in [6, 6.07) is 5.92. The summed E-state index contributed by atoms with van der Waals surface area (Å²) in [4.78, 5) is 2.72. The predicted molar refractivity (Wildman–Crippen MR) is 81.4 cm³/mol. The van der Waals surface area contributed by atoms with Gasteiger partial charge in [-0.05, 0) is 24.7 Å². The van der Waals surface area contributed by atoms with E-state index in [-0.39, 0.29) is 5.92 Å². The van der Waals surface area contributed by atoms with Gasteiger partial charge in [-0.3, -0.25) is 0 Å². The van der Waals surface area contributed by atoms with Gasteiger partial charge in [-0.15, -0.1) is 0 Å². The molecule has 1 rings (SSSR count). The monoisotopic (exact) mass is 334 g/mol. The van der Waals surface area contributed by atoms with Crippen LogP contribution in [0.25, 0.3) is 0 Å². The van der Waals surface area contributed by atoms with Crippen LogP contribution in [0, 0.1) is 5.92 Å². The van der Waals surface area contributed by atoms with E-state index >= 15 is 0 Å². The van der Waals surface area contributed by atoms with E-state index in [1.807, 2.05) is 32.2 Å². The maximum absolute atomic E-state index is 6.17. The van der Waals surface area contributed by atoms with Crippen molar-refractivity contribution in [1.82, 2.24) is 4.90 Å². The van der Waals surface area contributed by atoms with Crippen molar-refractivity contribution >= 4 is 44.7 Å². The summed E-state index contributed by atoms with van der Waals surface area (Å²) in [5.41, 5.74) is 6.70. The molecule has 0 aliphatic carbocycles. The van der Waals surface area contributed by atoms with Crippen LogP contribution in [0.15, 0.2) is 22.7 Å². The molecule has 94 valence electrons. The van der Waals surface area contributed by atoms with Crippen molar-refractivity contribution in [2.24, 2.45) is 11.7 Å². The molecular weight excluding hydrogens is 320 g/mol. The van der Waals surface area contributed by atoms with Crippen LogP contribution in [0.1, 0.15) is 12.5 Å². The molecule has 2 nitrogen and oxygen atoms in total. The first-order valence-electron chi connectivity index (χ1n) is 5.32. The first-order chi connectivity index (χ1) is 7.90. The largest absolute Gasteiger partial charge is 0.393 e. The highest BCUT2D eigenvalue weighted by Crippen LogP contribution is 2.22. The van der Waals surface area contributed by atoms with E-state index in [9.17, 15) is 0 Å². The topological polar surface area (TPSA) is 29.3 Å². The zero-order chi connectivity index (χ0) is 13.0. The van der Waals surface area contributed by atoms with Crippen LogP contribution in [0.4, 0.5) is 0 Å². The van der Waals surface area contributed by atoms with E-state index in [4.69, 9.17) is 29.6 Å². The fourth-order valence-corrected chi connectivity index (χ4v) is 2.37. The molecule has 0 aromatic heterocycles. The molecule has 0 saturated heterocycles. The van der Waals surface area contributed by atoms with Crippen molar-refractivity contribution in [2.75, 3.05) is 13.6 Å². The van der Waals surface area contributed by atoms with E-state index in [1.165, 1.54) is 0 Å². The van der Waals surface area contributed by atoms with Gasteiger partial charge in [0.2, 0.25) is 0 Å². The second kappa shape index (κ2) is 6.69. The minimum atomic E-state index is 0.212. The lowest BCUT2D eigenvalue weighted by Crippen LogP contribution is -2.31. The van der Waals surface area contributed by atoms with Gasteiger partial charge in [0.15, 0.2) is 0 Å². The summed E-state index contributed by atoms with van der Waals surface area (Å²) >= 11 is 14.5. The molecule has 0 amide bonds. The number of benzene rings is 1. The summed E-state index contributed by atoms with van der Waals surface area (Å²) in [7, 11) is 2.03. The summed E-state index contributed by atoms with van der Waals surface area (Å²) < 4.78 is 0.991. The molecule has 1 aromatic carbocycles. The van der Waals surface area contributed by atoms with Gasteiger partial charge in [-0.1, -0.05) is 52.7 Å². The highest BCUT2D eigenvalue weighted by molar-refractivity contribution is 9.10. The molecule has 0 heterocycles. The third-order valence-electron chi connectivity index (χ3n) is 2.53. The van der Waals surface area contributed by atoms with Crippen LogP contribution < -0.4 is 5.73 Å². The Morgan fingerprint density at radius 2 is 2.24 bits per heavy atom. The van der Waals surface area contributed by atoms with Gasteiger partial charge in [0.25, 0.3) is 0 Å². The lowest BCUT2D eigenvalue weighted by atomic mass is 10.1. The highest BCUT2D eigenvalue weighted by atomic mass is 79.9. The molecule has 2 N–H and O–H groups in total. The molecule has 0 aliphatic heterocycles. The molecule has 1 unspecified atom stereocenters. The van der Waals surface area contributed by atoms with E-state index in [1.54, 1.807) is 0 Å². The van der Waals surface area contributed by atoms with Crippen molar-refractivity contribution in [3.63, 3.8) is 0 Å². The van der Waals surface area contributed by atoms with E-state index < -0.39 is 0 Å². The van der Waals surface area contributed by atoms with Gasteiger partial charge < -0.3 is 10.6 Å². The maximum Gasteiger partial charge on any atom is 0.0768 e. The van der Waals surface area contributed by atoms with E-state index in [2.05, 4.69) is 20.8 Å². The Labute approximate surface area is 121 Å². The van der Waals surface area contributed by atoms with Gasteiger partial charge in [-0.2, -0.15) is 0 Å². The Hall–Kier alpha value is -0.160. The number of nitrogens with two attached hydrogens (primary N) is 1. The second-order valence-corrected chi connectivity index (χ2v) is 6.03. The van der Waals surface area contributed by atoms with E-state index in [0.29, 0.717) is 4.99 Å². The van der Waals surface area contributed by atoms with Gasteiger partial charge in [0.05, 0.1) is 4.99 Å². The molecule has 0 spiro atoms. The quantitative estimate of drug-likeness (QED) is 0.836. The number of nitrogens with zero attached hydrogens (tertiary/aromatic N) is 1. The van der Waals surface area contributed by atoms with Crippen LogP contribution in [-0.2, 0) is 6.54 Å². The van der Waals surface area contributed by atoms with E-state index in [0.717, 1.165) is 28.1 Å². The van der Waals surface area contributed by atoms with Gasteiger partial charge in [0, 0.05) is 28.5 Å². The summed E-state index contributed by atoms with van der Waals surface area (Å²) in [6.45, 7) is 3.66. The van der Waals surface area contributed by atoms with Crippen LogP contribution in [-0.4, -0.2) is 23.5 Å². The predicted octanol–water partition coefficient (Wildman–Crippen LogP) is 3.46. The first kappa shape index (κ1) is 14.9.